The van der Waals surface area contributed by atoms with Crippen molar-refractivity contribution in [1.29, 1.82) is 0 Å². The highest BCUT2D eigenvalue weighted by molar-refractivity contribution is 6.03. The molecule has 0 spiro atoms. The van der Waals surface area contributed by atoms with Gasteiger partial charge in [0.1, 0.15) is 5.75 Å². The Kier molecular flexibility index (Phi) is 9.95. The lowest BCUT2D eigenvalue weighted by Crippen LogP contribution is -2.09. The van der Waals surface area contributed by atoms with E-state index < -0.39 is 10.8 Å². The number of rotatable bonds is 12. The first-order valence-electron chi connectivity index (χ1n) is 11.8. The molecule has 0 aliphatic carbocycles. The smallest absolute Gasteiger partial charge is 0.315 e. The zero-order valence-corrected chi connectivity index (χ0v) is 23.0. The van der Waals surface area contributed by atoms with Gasteiger partial charge < -0.3 is 33.7 Å². The molecule has 0 heterocycles. The minimum Gasteiger partial charge on any atom is -0.497 e. The summed E-state index contributed by atoms with van der Waals surface area (Å²) < 4.78 is 31.8. The monoisotopic (exact) mass is 550 g/mol. The Labute approximate surface area is 231 Å². The topological polar surface area (TPSA) is 128 Å². The lowest BCUT2D eigenvalue weighted by atomic mass is 10.1. The quantitative estimate of drug-likeness (QED) is 0.135. The Hall–Kier alpha value is -5.19. The van der Waals surface area contributed by atoms with E-state index in [1.165, 1.54) is 66.9 Å². The number of methoxy groups -OCH3 is 6. The molecular weight excluding hydrogens is 520 g/mol. The van der Waals surface area contributed by atoms with Crippen LogP contribution in [0, 0.1) is 10.1 Å². The average molecular weight is 551 g/mol. The molecule has 0 saturated heterocycles. The van der Waals surface area contributed by atoms with Crippen LogP contribution in [0.25, 0.3) is 18.2 Å². The molecule has 3 aromatic carbocycles. The molecule has 0 unspecified atom stereocenters. The third-order valence-electron chi connectivity index (χ3n) is 5.77. The molecule has 3 rings (SSSR count). The van der Waals surface area contributed by atoms with Gasteiger partial charge in [0.05, 0.1) is 53.3 Å². The van der Waals surface area contributed by atoms with Gasteiger partial charge in [-0.2, -0.15) is 0 Å². The zero-order valence-electron chi connectivity index (χ0n) is 23.0. The second-order valence-corrected chi connectivity index (χ2v) is 8.10. The number of benzene rings is 3. The summed E-state index contributed by atoms with van der Waals surface area (Å²) in [7, 11) is 8.82. The van der Waals surface area contributed by atoms with Crippen molar-refractivity contribution in [3.8, 4) is 34.5 Å². The molecule has 40 heavy (non-hydrogen) atoms. The number of nitro benzene ring substituents is 1. The number of hydrogen-bond acceptors (Lipinski definition) is 9. The van der Waals surface area contributed by atoms with Gasteiger partial charge in [0.15, 0.2) is 17.2 Å². The highest BCUT2D eigenvalue weighted by Crippen LogP contribution is 2.39. The Bertz CT molecular complexity index is 1420. The molecule has 0 aliphatic rings. The number of anilines is 1. The summed E-state index contributed by atoms with van der Waals surface area (Å²) in [6.45, 7) is 0. The molecule has 0 aliphatic heterocycles. The standard InChI is InChI=1S/C29H30N2O9/c1-35-21-11-10-20(9-7-19-15-25(37-3)29(40-6)26(16-19)38-4)22(17-21)30-27(32)12-8-18-13-23(31(33)34)28(39-5)24(14-18)36-2/h7-17H,1-6H3,(H,30,32)/b9-7?,12-8+. The van der Waals surface area contributed by atoms with Gasteiger partial charge in [-0.05, 0) is 53.1 Å². The van der Waals surface area contributed by atoms with E-state index in [-0.39, 0.29) is 17.2 Å². The van der Waals surface area contributed by atoms with Gasteiger partial charge in [-0.25, -0.2) is 0 Å². The number of carbonyl (C=O) groups excluding carboxylic acids is 1. The molecule has 0 aromatic heterocycles. The Balaban J connectivity index is 1.90. The molecule has 0 atom stereocenters. The lowest BCUT2D eigenvalue weighted by Gasteiger charge is -2.13. The number of ether oxygens (including phenoxy) is 6. The number of nitrogens with zero attached hydrogens (tertiary/aromatic N) is 1. The summed E-state index contributed by atoms with van der Waals surface area (Å²) in [5.41, 5.74) is 2.05. The second kappa shape index (κ2) is 13.6. The van der Waals surface area contributed by atoms with Crippen molar-refractivity contribution < 1.29 is 38.1 Å². The highest BCUT2D eigenvalue weighted by atomic mass is 16.6. The van der Waals surface area contributed by atoms with Crippen molar-refractivity contribution in [2.45, 2.75) is 0 Å². The summed E-state index contributed by atoms with van der Waals surface area (Å²) in [6.07, 6.45) is 6.35. The van der Waals surface area contributed by atoms with Crippen LogP contribution in [0.5, 0.6) is 34.5 Å². The Morgan fingerprint density at radius 3 is 1.82 bits per heavy atom. The summed E-state index contributed by atoms with van der Waals surface area (Å²) in [5.74, 6) is 1.73. The molecule has 11 nitrogen and oxygen atoms in total. The van der Waals surface area contributed by atoms with Crippen LogP contribution < -0.4 is 33.7 Å². The molecule has 1 amide bonds. The lowest BCUT2D eigenvalue weighted by molar-refractivity contribution is -0.385. The first-order valence-corrected chi connectivity index (χ1v) is 11.8. The van der Waals surface area contributed by atoms with E-state index >= 15 is 0 Å². The van der Waals surface area contributed by atoms with Gasteiger partial charge in [-0.3, -0.25) is 14.9 Å². The van der Waals surface area contributed by atoms with Gasteiger partial charge in [0.2, 0.25) is 17.4 Å². The van der Waals surface area contributed by atoms with Crippen LogP contribution in [0.15, 0.2) is 48.5 Å². The maximum absolute atomic E-state index is 12.8. The van der Waals surface area contributed by atoms with Crippen LogP contribution in [0.2, 0.25) is 0 Å². The van der Waals surface area contributed by atoms with Crippen LogP contribution in [-0.4, -0.2) is 53.5 Å². The first kappa shape index (κ1) is 29.4. The predicted octanol–water partition coefficient (Wildman–Crippen LogP) is 5.47. The van der Waals surface area contributed by atoms with Crippen LogP contribution in [-0.2, 0) is 4.79 Å². The summed E-state index contributed by atoms with van der Waals surface area (Å²) in [6, 6.07) is 11.7. The van der Waals surface area contributed by atoms with Crippen LogP contribution in [0.4, 0.5) is 11.4 Å². The van der Waals surface area contributed by atoms with Crippen molar-refractivity contribution in [3.63, 3.8) is 0 Å². The predicted molar refractivity (Wildman–Crippen MR) is 152 cm³/mol. The first-order chi connectivity index (χ1) is 19.3. The van der Waals surface area contributed by atoms with Crippen LogP contribution in [0.1, 0.15) is 16.7 Å². The van der Waals surface area contributed by atoms with Crippen molar-refractivity contribution in [2.75, 3.05) is 48.0 Å². The van der Waals surface area contributed by atoms with Gasteiger partial charge >= 0.3 is 5.69 Å². The Morgan fingerprint density at radius 2 is 1.30 bits per heavy atom. The summed E-state index contributed by atoms with van der Waals surface area (Å²) in [5, 5.41) is 14.3. The minimum atomic E-state index is -0.582. The maximum Gasteiger partial charge on any atom is 0.315 e. The molecular formula is C29H30N2O9. The van der Waals surface area contributed by atoms with Crippen LogP contribution >= 0.6 is 0 Å². The fourth-order valence-corrected chi connectivity index (χ4v) is 3.84. The van der Waals surface area contributed by atoms with Gasteiger partial charge in [-0.1, -0.05) is 12.2 Å². The number of hydrogen-bond donors (Lipinski definition) is 1. The van der Waals surface area contributed by atoms with Crippen molar-refractivity contribution in [3.05, 3.63) is 75.3 Å². The van der Waals surface area contributed by atoms with Crippen molar-refractivity contribution in [1.82, 2.24) is 0 Å². The van der Waals surface area contributed by atoms with E-state index in [4.69, 9.17) is 28.4 Å². The third-order valence-corrected chi connectivity index (χ3v) is 5.77. The van der Waals surface area contributed by atoms with Crippen molar-refractivity contribution in [2.24, 2.45) is 0 Å². The molecule has 0 radical (unpaired) electrons. The minimum absolute atomic E-state index is 0.00555. The van der Waals surface area contributed by atoms with Gasteiger partial charge in [0.25, 0.3) is 0 Å². The van der Waals surface area contributed by atoms with E-state index in [1.54, 1.807) is 30.3 Å². The van der Waals surface area contributed by atoms with Crippen LogP contribution in [0.3, 0.4) is 0 Å². The molecule has 0 bridgehead atoms. The molecule has 1 N–H and O–H groups in total. The normalized spacial score (nSPS) is 10.8. The second-order valence-electron chi connectivity index (χ2n) is 8.10. The molecule has 11 heteroatoms. The number of carbonyl (C=O) groups is 1. The third kappa shape index (κ3) is 6.81. The van der Waals surface area contributed by atoms with Crippen molar-refractivity contribution >= 4 is 35.5 Å². The SMILES string of the molecule is COc1ccc(C=Cc2cc(OC)c(OC)c(OC)c2)c(NC(=O)/C=C/c2cc(OC)c(OC)c([N+](=O)[O-])c2)c1. The summed E-state index contributed by atoms with van der Waals surface area (Å²) >= 11 is 0. The van der Waals surface area contributed by atoms with Gasteiger partial charge in [0, 0.05) is 18.2 Å². The van der Waals surface area contributed by atoms with E-state index in [1.807, 2.05) is 12.2 Å². The Morgan fingerprint density at radius 1 is 0.725 bits per heavy atom. The number of nitro groups is 1. The van der Waals surface area contributed by atoms with E-state index in [2.05, 4.69) is 5.32 Å². The zero-order chi connectivity index (χ0) is 29.2. The summed E-state index contributed by atoms with van der Waals surface area (Å²) in [4.78, 5) is 23.7. The van der Waals surface area contributed by atoms with E-state index in [0.717, 1.165) is 5.56 Å². The molecule has 0 fully saturated rings. The molecule has 3 aromatic rings. The van der Waals surface area contributed by atoms with Gasteiger partial charge in [-0.15, -0.1) is 0 Å². The molecule has 0 saturated carbocycles. The highest BCUT2D eigenvalue weighted by Gasteiger charge is 2.21. The number of nitrogens with one attached hydrogen (secondary N) is 1. The largest absolute Gasteiger partial charge is 0.497 e. The number of amides is 1. The average Bonchev–Trinajstić information content (AvgIpc) is 2.97. The fourth-order valence-electron chi connectivity index (χ4n) is 3.84. The van der Waals surface area contributed by atoms with E-state index in [9.17, 15) is 14.9 Å². The molecule has 210 valence electrons. The maximum atomic E-state index is 12.8. The van der Waals surface area contributed by atoms with E-state index in [0.29, 0.717) is 39.8 Å². The fraction of sp³-hybridized carbons (Fsp3) is 0.207.